The minimum Gasteiger partial charge on any atom is -0.492 e. The van der Waals surface area contributed by atoms with Gasteiger partial charge >= 0.3 is 0 Å². The summed E-state index contributed by atoms with van der Waals surface area (Å²) in [5, 5.41) is 3.48. The molecular weight excluding hydrogens is 363 g/mol. The van der Waals surface area contributed by atoms with E-state index in [0.717, 1.165) is 11.1 Å². The van der Waals surface area contributed by atoms with Gasteiger partial charge in [0, 0.05) is 17.3 Å². The fourth-order valence-electron chi connectivity index (χ4n) is 2.15. The number of rotatable bonds is 7. The van der Waals surface area contributed by atoms with Crippen LogP contribution in [0.25, 0.3) is 0 Å². The van der Waals surface area contributed by atoms with Crippen molar-refractivity contribution in [2.24, 2.45) is 5.73 Å². The minimum atomic E-state index is -0.240. The van der Waals surface area contributed by atoms with Crippen LogP contribution in [-0.2, 0) is 4.79 Å². The van der Waals surface area contributed by atoms with E-state index in [4.69, 9.17) is 26.8 Å². The molecule has 0 spiro atoms. The topological polar surface area (TPSA) is 73.6 Å². The maximum absolute atomic E-state index is 12.0. The summed E-state index contributed by atoms with van der Waals surface area (Å²) in [6.45, 7) is 4.64. The summed E-state index contributed by atoms with van der Waals surface area (Å²) in [7, 11) is 0. The van der Waals surface area contributed by atoms with Crippen molar-refractivity contribution in [2.75, 3.05) is 25.1 Å². The van der Waals surface area contributed by atoms with Crippen LogP contribution in [0.5, 0.6) is 11.5 Å². The van der Waals surface area contributed by atoms with Crippen LogP contribution in [0, 0.1) is 13.8 Å². The van der Waals surface area contributed by atoms with Gasteiger partial charge in [-0.15, -0.1) is 12.4 Å². The summed E-state index contributed by atoms with van der Waals surface area (Å²) in [5.41, 5.74) is 7.88. The Morgan fingerprint density at radius 2 is 1.68 bits per heavy atom. The fraction of sp³-hybridized carbons (Fsp3) is 0.278. The predicted molar refractivity (Wildman–Crippen MR) is 103 cm³/mol. The Hall–Kier alpha value is -1.95. The average molecular weight is 385 g/mol. The molecule has 0 unspecified atom stereocenters. The molecule has 0 aromatic heterocycles. The van der Waals surface area contributed by atoms with Gasteiger partial charge < -0.3 is 20.5 Å². The first-order valence-corrected chi connectivity index (χ1v) is 7.99. The van der Waals surface area contributed by atoms with Crippen molar-refractivity contribution in [2.45, 2.75) is 13.8 Å². The first-order chi connectivity index (χ1) is 11.5. The van der Waals surface area contributed by atoms with Crippen LogP contribution in [0.4, 0.5) is 5.69 Å². The fourth-order valence-corrected chi connectivity index (χ4v) is 2.26. The van der Waals surface area contributed by atoms with Crippen LogP contribution in [-0.4, -0.2) is 25.7 Å². The first kappa shape index (κ1) is 21.1. The molecule has 3 N–H and O–H groups in total. The van der Waals surface area contributed by atoms with E-state index in [1.54, 1.807) is 24.3 Å². The van der Waals surface area contributed by atoms with E-state index < -0.39 is 0 Å². The molecule has 0 fully saturated rings. The monoisotopic (exact) mass is 384 g/mol. The van der Waals surface area contributed by atoms with Crippen molar-refractivity contribution in [1.29, 1.82) is 0 Å². The van der Waals surface area contributed by atoms with Crippen molar-refractivity contribution in [3.05, 3.63) is 52.5 Å². The van der Waals surface area contributed by atoms with Crippen molar-refractivity contribution in [3.63, 3.8) is 0 Å². The van der Waals surface area contributed by atoms with Gasteiger partial charge in [0.15, 0.2) is 6.61 Å². The third-order valence-corrected chi connectivity index (χ3v) is 3.90. The number of hydrogen-bond acceptors (Lipinski definition) is 4. The smallest absolute Gasteiger partial charge is 0.262 e. The molecule has 0 saturated carbocycles. The maximum atomic E-state index is 12.0. The summed E-state index contributed by atoms with van der Waals surface area (Å²) in [5.74, 6) is 1.09. The van der Waals surface area contributed by atoms with Crippen molar-refractivity contribution in [3.8, 4) is 11.5 Å². The molecule has 7 heteroatoms. The van der Waals surface area contributed by atoms with E-state index in [0.29, 0.717) is 35.4 Å². The van der Waals surface area contributed by atoms with Crippen LogP contribution in [0.2, 0.25) is 5.02 Å². The molecule has 136 valence electrons. The van der Waals surface area contributed by atoms with Gasteiger partial charge in [-0.3, -0.25) is 4.79 Å². The van der Waals surface area contributed by atoms with Crippen molar-refractivity contribution < 1.29 is 14.3 Å². The van der Waals surface area contributed by atoms with Gasteiger partial charge in [-0.25, -0.2) is 0 Å². The standard InChI is InChI=1S/C18H21ClN2O3.ClH/c1-12-9-16(10-13(2)18(12)19)24-11-17(22)21-14-3-5-15(6-4-14)23-8-7-20;/h3-6,9-10H,7-8,11,20H2,1-2H3,(H,21,22);1H. The molecule has 1 amide bonds. The minimum absolute atomic E-state index is 0. The molecule has 0 aliphatic carbocycles. The summed E-state index contributed by atoms with van der Waals surface area (Å²) in [4.78, 5) is 12.0. The van der Waals surface area contributed by atoms with Crippen LogP contribution in [0.3, 0.4) is 0 Å². The van der Waals surface area contributed by atoms with E-state index in [1.165, 1.54) is 0 Å². The highest BCUT2D eigenvalue weighted by Gasteiger charge is 2.07. The number of hydrogen-bond donors (Lipinski definition) is 2. The van der Waals surface area contributed by atoms with Gasteiger partial charge in [-0.1, -0.05) is 11.6 Å². The van der Waals surface area contributed by atoms with Crippen LogP contribution >= 0.6 is 24.0 Å². The third-order valence-electron chi connectivity index (χ3n) is 3.30. The number of aryl methyl sites for hydroxylation is 2. The van der Waals surface area contributed by atoms with Gasteiger partial charge in [-0.2, -0.15) is 0 Å². The lowest BCUT2D eigenvalue weighted by Crippen LogP contribution is -2.20. The summed E-state index contributed by atoms with van der Waals surface area (Å²) >= 11 is 6.11. The highest BCUT2D eigenvalue weighted by Crippen LogP contribution is 2.25. The summed E-state index contributed by atoms with van der Waals surface area (Å²) in [6, 6.07) is 10.7. The van der Waals surface area contributed by atoms with E-state index in [9.17, 15) is 4.79 Å². The average Bonchev–Trinajstić information content (AvgIpc) is 2.57. The molecular formula is C18H22Cl2N2O3. The Balaban J connectivity index is 0.00000312. The first-order valence-electron chi connectivity index (χ1n) is 7.62. The number of carbonyl (C=O) groups is 1. The number of halogens is 2. The lowest BCUT2D eigenvalue weighted by Gasteiger charge is -2.11. The molecule has 0 aliphatic heterocycles. The van der Waals surface area contributed by atoms with Crippen molar-refractivity contribution >= 4 is 35.6 Å². The number of amides is 1. The van der Waals surface area contributed by atoms with Gasteiger partial charge in [0.25, 0.3) is 5.91 Å². The normalized spacial score (nSPS) is 9.92. The van der Waals surface area contributed by atoms with E-state index in [-0.39, 0.29) is 24.9 Å². The Morgan fingerprint density at radius 1 is 1.08 bits per heavy atom. The Morgan fingerprint density at radius 3 is 2.24 bits per heavy atom. The number of benzene rings is 2. The zero-order chi connectivity index (χ0) is 17.5. The molecule has 0 radical (unpaired) electrons. The number of nitrogens with one attached hydrogen (secondary N) is 1. The van der Waals surface area contributed by atoms with Crippen molar-refractivity contribution in [1.82, 2.24) is 0 Å². The molecule has 2 aromatic rings. The number of anilines is 1. The molecule has 0 saturated heterocycles. The molecule has 2 aromatic carbocycles. The quantitative estimate of drug-likeness (QED) is 0.762. The second-order valence-corrected chi connectivity index (χ2v) is 5.75. The third kappa shape index (κ3) is 6.46. The predicted octanol–water partition coefficient (Wildman–Crippen LogP) is 3.73. The highest BCUT2D eigenvalue weighted by atomic mass is 35.5. The molecule has 0 heterocycles. The van der Waals surface area contributed by atoms with E-state index in [1.807, 2.05) is 26.0 Å². The van der Waals surface area contributed by atoms with Gasteiger partial charge in [0.1, 0.15) is 18.1 Å². The zero-order valence-electron chi connectivity index (χ0n) is 14.2. The zero-order valence-corrected chi connectivity index (χ0v) is 15.7. The largest absolute Gasteiger partial charge is 0.492 e. The van der Waals surface area contributed by atoms with Crippen LogP contribution in [0.15, 0.2) is 36.4 Å². The second kappa shape index (κ2) is 10.1. The number of carbonyl (C=O) groups excluding carboxylic acids is 1. The van der Waals surface area contributed by atoms with Gasteiger partial charge in [0.05, 0.1) is 0 Å². The van der Waals surface area contributed by atoms with Crippen LogP contribution in [0.1, 0.15) is 11.1 Å². The number of nitrogens with two attached hydrogens (primary N) is 1. The second-order valence-electron chi connectivity index (χ2n) is 5.37. The summed E-state index contributed by atoms with van der Waals surface area (Å²) in [6.07, 6.45) is 0. The van der Waals surface area contributed by atoms with Crippen LogP contribution < -0.4 is 20.5 Å². The molecule has 0 aliphatic rings. The SMILES string of the molecule is Cc1cc(OCC(=O)Nc2ccc(OCCN)cc2)cc(C)c1Cl.Cl. The molecule has 0 atom stereocenters. The Labute approximate surface area is 158 Å². The lowest BCUT2D eigenvalue weighted by atomic mass is 10.1. The van der Waals surface area contributed by atoms with Gasteiger partial charge in [-0.05, 0) is 61.4 Å². The molecule has 0 bridgehead atoms. The van der Waals surface area contributed by atoms with E-state index >= 15 is 0 Å². The molecule has 2 rings (SSSR count). The van der Waals surface area contributed by atoms with E-state index in [2.05, 4.69) is 5.32 Å². The summed E-state index contributed by atoms with van der Waals surface area (Å²) < 4.78 is 10.9. The Kier molecular flexibility index (Phi) is 8.55. The highest BCUT2D eigenvalue weighted by molar-refractivity contribution is 6.32. The lowest BCUT2D eigenvalue weighted by molar-refractivity contribution is -0.118. The maximum Gasteiger partial charge on any atom is 0.262 e. The Bertz CT molecular complexity index is 683. The number of ether oxygens (including phenoxy) is 2. The molecule has 25 heavy (non-hydrogen) atoms. The molecule has 5 nitrogen and oxygen atoms in total. The van der Waals surface area contributed by atoms with Gasteiger partial charge in [0.2, 0.25) is 0 Å².